The predicted octanol–water partition coefficient (Wildman–Crippen LogP) is 7.12. The fourth-order valence-corrected chi connectivity index (χ4v) is 3.17. The normalized spacial score (nSPS) is 10.6. The number of rotatable bonds is 11. The van der Waals surface area contributed by atoms with Crippen molar-refractivity contribution < 1.29 is 19.1 Å². The highest BCUT2D eigenvalue weighted by Crippen LogP contribution is 2.28. The number of hydrogen-bond donors (Lipinski definition) is 0. The van der Waals surface area contributed by atoms with Gasteiger partial charge in [0.05, 0.1) is 22.8 Å². The standard InChI is InChI=1S/C23H26Cl2O4/c1-2-3-4-5-6-7-10-15-28-22(26)18-11-8-9-12-19(18)23(27)29-21-16-17(24)13-14-20(21)25/h8-9,11-14,16H,2-7,10,15H2,1H3. The van der Waals surface area contributed by atoms with Crippen molar-refractivity contribution in [1.29, 1.82) is 0 Å². The number of carbonyl (C=O) groups is 2. The SMILES string of the molecule is CCCCCCCCCOC(=O)c1ccccc1C(=O)Oc1cc(Cl)ccc1Cl. The smallest absolute Gasteiger partial charge is 0.344 e. The number of esters is 2. The number of benzene rings is 2. The third-order valence-electron chi connectivity index (χ3n) is 4.44. The Hall–Kier alpha value is -2.04. The van der Waals surface area contributed by atoms with Crippen LogP contribution in [0.5, 0.6) is 5.75 Å². The molecule has 0 amide bonds. The molecule has 2 aromatic rings. The van der Waals surface area contributed by atoms with E-state index in [-0.39, 0.29) is 21.9 Å². The molecule has 4 nitrogen and oxygen atoms in total. The van der Waals surface area contributed by atoms with E-state index in [2.05, 4.69) is 6.92 Å². The molecule has 0 aliphatic heterocycles. The minimum absolute atomic E-state index is 0.119. The minimum atomic E-state index is -0.697. The van der Waals surface area contributed by atoms with Gasteiger partial charge in [-0.05, 0) is 30.7 Å². The Morgan fingerprint density at radius 1 is 0.828 bits per heavy atom. The lowest BCUT2D eigenvalue weighted by Gasteiger charge is -2.10. The lowest BCUT2D eigenvalue weighted by atomic mass is 10.1. The average molecular weight is 437 g/mol. The van der Waals surface area contributed by atoms with E-state index in [1.165, 1.54) is 43.9 Å². The number of unbranched alkanes of at least 4 members (excludes halogenated alkanes) is 6. The predicted molar refractivity (Wildman–Crippen MR) is 116 cm³/mol. The van der Waals surface area contributed by atoms with Crippen LogP contribution < -0.4 is 4.74 Å². The van der Waals surface area contributed by atoms with Crippen molar-refractivity contribution in [3.8, 4) is 5.75 Å². The number of ether oxygens (including phenoxy) is 2. The van der Waals surface area contributed by atoms with Crippen LogP contribution in [0.4, 0.5) is 0 Å². The highest BCUT2D eigenvalue weighted by molar-refractivity contribution is 6.34. The summed E-state index contributed by atoms with van der Waals surface area (Å²) in [5, 5.41) is 0.640. The van der Waals surface area contributed by atoms with Gasteiger partial charge in [-0.25, -0.2) is 9.59 Å². The summed E-state index contributed by atoms with van der Waals surface area (Å²) in [4.78, 5) is 25.0. The fourth-order valence-electron chi connectivity index (χ4n) is 2.85. The zero-order valence-electron chi connectivity index (χ0n) is 16.6. The summed E-state index contributed by atoms with van der Waals surface area (Å²) in [6.45, 7) is 2.52. The van der Waals surface area contributed by atoms with Crippen molar-refractivity contribution in [3.63, 3.8) is 0 Å². The maximum absolute atomic E-state index is 12.6. The summed E-state index contributed by atoms with van der Waals surface area (Å²) in [5.41, 5.74) is 0.284. The van der Waals surface area contributed by atoms with Crippen LogP contribution in [0.15, 0.2) is 42.5 Å². The van der Waals surface area contributed by atoms with Crippen LogP contribution in [0.1, 0.15) is 72.6 Å². The van der Waals surface area contributed by atoms with Gasteiger partial charge >= 0.3 is 11.9 Å². The first kappa shape index (κ1) is 23.2. The molecule has 0 N–H and O–H groups in total. The van der Waals surface area contributed by atoms with E-state index in [4.69, 9.17) is 32.7 Å². The molecule has 0 spiro atoms. The van der Waals surface area contributed by atoms with Crippen molar-refractivity contribution >= 4 is 35.1 Å². The Kier molecular flexibility index (Phi) is 10.0. The van der Waals surface area contributed by atoms with E-state index in [0.29, 0.717) is 11.6 Å². The Morgan fingerprint density at radius 2 is 1.45 bits per heavy atom. The second kappa shape index (κ2) is 12.5. The molecule has 29 heavy (non-hydrogen) atoms. The molecule has 0 unspecified atom stereocenters. The second-order valence-electron chi connectivity index (χ2n) is 6.77. The summed E-state index contributed by atoms with van der Waals surface area (Å²) in [6, 6.07) is 11.0. The maximum atomic E-state index is 12.6. The molecule has 0 bridgehead atoms. The molecule has 6 heteroatoms. The van der Waals surface area contributed by atoms with Crippen LogP contribution in [0.3, 0.4) is 0 Å². The van der Waals surface area contributed by atoms with Crippen molar-refractivity contribution in [2.75, 3.05) is 6.61 Å². The highest BCUT2D eigenvalue weighted by atomic mass is 35.5. The lowest BCUT2D eigenvalue weighted by Crippen LogP contribution is -2.16. The van der Waals surface area contributed by atoms with E-state index >= 15 is 0 Å². The van der Waals surface area contributed by atoms with E-state index < -0.39 is 11.9 Å². The van der Waals surface area contributed by atoms with Gasteiger partial charge in [-0.2, -0.15) is 0 Å². The Bertz CT molecular complexity index is 820. The largest absolute Gasteiger partial charge is 0.462 e. The molecule has 156 valence electrons. The van der Waals surface area contributed by atoms with E-state index in [0.717, 1.165) is 19.3 Å². The Labute approximate surface area is 182 Å². The van der Waals surface area contributed by atoms with Crippen LogP contribution in [0, 0.1) is 0 Å². The summed E-state index contributed by atoms with van der Waals surface area (Å²) in [6.07, 6.45) is 7.92. The molecular weight excluding hydrogens is 411 g/mol. The molecule has 0 radical (unpaired) electrons. The van der Waals surface area contributed by atoms with E-state index in [1.54, 1.807) is 24.3 Å². The number of carbonyl (C=O) groups excluding carboxylic acids is 2. The summed E-state index contributed by atoms with van der Waals surface area (Å²) in [5.74, 6) is -1.10. The van der Waals surface area contributed by atoms with Crippen LogP contribution >= 0.6 is 23.2 Å². The second-order valence-corrected chi connectivity index (χ2v) is 7.61. The molecule has 0 aliphatic rings. The number of hydrogen-bond acceptors (Lipinski definition) is 4. The van der Waals surface area contributed by atoms with Gasteiger partial charge in [-0.15, -0.1) is 0 Å². The van der Waals surface area contributed by atoms with Crippen LogP contribution in [-0.4, -0.2) is 18.5 Å². The summed E-state index contributed by atoms with van der Waals surface area (Å²) < 4.78 is 10.7. The van der Waals surface area contributed by atoms with Crippen LogP contribution in [-0.2, 0) is 4.74 Å². The monoisotopic (exact) mass is 436 g/mol. The minimum Gasteiger partial charge on any atom is -0.462 e. The molecule has 0 atom stereocenters. The third-order valence-corrected chi connectivity index (χ3v) is 4.99. The first-order valence-corrected chi connectivity index (χ1v) is 10.7. The van der Waals surface area contributed by atoms with E-state index in [1.807, 2.05) is 0 Å². The van der Waals surface area contributed by atoms with Crippen molar-refractivity contribution in [2.24, 2.45) is 0 Å². The first-order valence-electron chi connectivity index (χ1n) is 9.96. The number of halogens is 2. The van der Waals surface area contributed by atoms with Gasteiger partial charge in [0.1, 0.15) is 0 Å². The zero-order chi connectivity index (χ0) is 21.1. The third kappa shape index (κ3) is 7.71. The molecule has 2 aromatic carbocycles. The van der Waals surface area contributed by atoms with Crippen molar-refractivity contribution in [1.82, 2.24) is 0 Å². The molecule has 0 heterocycles. The molecular formula is C23H26Cl2O4. The van der Waals surface area contributed by atoms with Gasteiger partial charge in [-0.1, -0.05) is 80.8 Å². The lowest BCUT2D eigenvalue weighted by molar-refractivity contribution is 0.0489. The summed E-state index contributed by atoms with van der Waals surface area (Å²) in [7, 11) is 0. The van der Waals surface area contributed by atoms with Gasteiger partial charge in [0.2, 0.25) is 0 Å². The molecule has 0 aromatic heterocycles. The first-order chi connectivity index (χ1) is 14.0. The van der Waals surface area contributed by atoms with Crippen LogP contribution in [0.25, 0.3) is 0 Å². The van der Waals surface area contributed by atoms with Gasteiger partial charge in [0.25, 0.3) is 0 Å². The molecule has 0 saturated heterocycles. The molecule has 0 fully saturated rings. The Balaban J connectivity index is 1.91. The summed E-state index contributed by atoms with van der Waals surface area (Å²) >= 11 is 12.0. The fraction of sp³-hybridized carbons (Fsp3) is 0.391. The van der Waals surface area contributed by atoms with Crippen LogP contribution in [0.2, 0.25) is 10.0 Å². The Morgan fingerprint density at radius 3 is 2.14 bits per heavy atom. The molecule has 2 rings (SSSR count). The quantitative estimate of drug-likeness (QED) is 0.213. The van der Waals surface area contributed by atoms with Gasteiger partial charge in [0, 0.05) is 11.1 Å². The highest BCUT2D eigenvalue weighted by Gasteiger charge is 2.20. The van der Waals surface area contributed by atoms with E-state index in [9.17, 15) is 9.59 Å². The van der Waals surface area contributed by atoms with Gasteiger partial charge in [0.15, 0.2) is 5.75 Å². The van der Waals surface area contributed by atoms with Crippen molar-refractivity contribution in [2.45, 2.75) is 51.9 Å². The maximum Gasteiger partial charge on any atom is 0.344 e. The van der Waals surface area contributed by atoms with Gasteiger partial charge in [-0.3, -0.25) is 0 Å². The zero-order valence-corrected chi connectivity index (χ0v) is 18.1. The van der Waals surface area contributed by atoms with Gasteiger partial charge < -0.3 is 9.47 Å². The molecule has 0 aliphatic carbocycles. The topological polar surface area (TPSA) is 52.6 Å². The van der Waals surface area contributed by atoms with Crippen molar-refractivity contribution in [3.05, 3.63) is 63.6 Å². The average Bonchev–Trinajstić information content (AvgIpc) is 2.72. The molecule has 0 saturated carbocycles.